The number of halogens is 2. The Kier molecular flexibility index (Phi) is 7.96. The molecule has 2 N–H and O–H groups in total. The molecule has 1 amide bonds. The predicted octanol–water partition coefficient (Wildman–Crippen LogP) is 8.40. The van der Waals surface area contributed by atoms with Crippen molar-refractivity contribution < 1.29 is 37.5 Å². The van der Waals surface area contributed by atoms with Gasteiger partial charge in [0.2, 0.25) is 0 Å². The molecule has 0 aliphatic carbocycles. The third-order valence-corrected chi connectivity index (χ3v) is 6.45. The van der Waals surface area contributed by atoms with Gasteiger partial charge in [-0.2, -0.15) is 0 Å². The fraction of sp³-hybridized carbons (Fsp3) is 0.0938. The highest BCUT2D eigenvalue weighted by atomic mass is 19.1. The molecule has 1 heterocycles. The minimum Gasteiger partial charge on any atom is -0.478 e. The number of carbonyl (C=O) groups excluding carboxylic acids is 1. The lowest BCUT2D eigenvalue weighted by molar-refractivity contribution is 0.0694. The van der Waals surface area contributed by atoms with Crippen molar-refractivity contribution in [1.82, 2.24) is 5.16 Å². The molecule has 212 valence electrons. The Balaban J connectivity index is 1.35. The van der Waals surface area contributed by atoms with Gasteiger partial charge in [-0.25, -0.2) is 18.4 Å². The number of carbonyl (C=O) groups is 2. The van der Waals surface area contributed by atoms with Crippen LogP contribution >= 0.6 is 0 Å². The van der Waals surface area contributed by atoms with Crippen molar-refractivity contribution in [2.45, 2.75) is 20.0 Å². The van der Waals surface area contributed by atoms with Gasteiger partial charge in [0.15, 0.2) is 5.76 Å². The zero-order valence-electron chi connectivity index (χ0n) is 22.4. The van der Waals surface area contributed by atoms with Gasteiger partial charge in [-0.05, 0) is 61.4 Å². The van der Waals surface area contributed by atoms with Crippen LogP contribution in [0.4, 0.5) is 19.3 Å². The lowest BCUT2D eigenvalue weighted by Gasteiger charge is -2.14. The number of para-hydroxylation sites is 1. The van der Waals surface area contributed by atoms with Crippen LogP contribution in [-0.4, -0.2) is 22.3 Å². The molecule has 1 atom stereocenters. The van der Waals surface area contributed by atoms with Gasteiger partial charge >= 0.3 is 12.1 Å². The van der Waals surface area contributed by atoms with E-state index < -0.39 is 29.8 Å². The Hall–Kier alpha value is -5.51. The van der Waals surface area contributed by atoms with Crippen molar-refractivity contribution >= 4 is 17.7 Å². The molecule has 8 nitrogen and oxygen atoms in total. The standard InChI is InChI=1S/C32H24F2N2O6/c1-18-29(35-32(39)40-19(2)20-8-4-3-5-9-20)30(42-36-18)25-17-26(33)24(16-27(25)34)21-12-14-22(15-13-21)41-28-11-7-6-10-23(28)31(37)38/h3-17,19H,1-2H3,(H,35,39)(H,37,38). The maximum absolute atomic E-state index is 15.4. The lowest BCUT2D eigenvalue weighted by Crippen LogP contribution is -2.16. The maximum Gasteiger partial charge on any atom is 0.412 e. The topological polar surface area (TPSA) is 111 Å². The third-order valence-electron chi connectivity index (χ3n) is 6.45. The van der Waals surface area contributed by atoms with Gasteiger partial charge in [0.05, 0.1) is 5.56 Å². The summed E-state index contributed by atoms with van der Waals surface area (Å²) in [6.45, 7) is 3.25. The van der Waals surface area contributed by atoms with Crippen LogP contribution in [-0.2, 0) is 4.74 Å². The summed E-state index contributed by atoms with van der Waals surface area (Å²) in [6, 6.07) is 23.3. The molecule has 4 aromatic carbocycles. The van der Waals surface area contributed by atoms with E-state index in [0.717, 1.165) is 17.7 Å². The van der Waals surface area contributed by atoms with E-state index in [1.807, 2.05) is 30.3 Å². The largest absolute Gasteiger partial charge is 0.478 e. The minimum absolute atomic E-state index is 0.0132. The van der Waals surface area contributed by atoms with Crippen LogP contribution in [0.2, 0.25) is 0 Å². The molecule has 0 aliphatic heterocycles. The van der Waals surface area contributed by atoms with Crippen molar-refractivity contribution in [3.8, 4) is 33.9 Å². The number of amides is 1. The predicted molar refractivity (Wildman–Crippen MR) is 150 cm³/mol. The van der Waals surface area contributed by atoms with Gasteiger partial charge in [0.1, 0.15) is 46.2 Å². The first-order chi connectivity index (χ1) is 20.2. The first-order valence-electron chi connectivity index (χ1n) is 12.8. The number of anilines is 1. The van der Waals surface area contributed by atoms with Gasteiger partial charge in [-0.15, -0.1) is 0 Å². The van der Waals surface area contributed by atoms with Crippen LogP contribution in [0.5, 0.6) is 11.5 Å². The second-order valence-corrected chi connectivity index (χ2v) is 9.29. The molecular formula is C32H24F2N2O6. The molecule has 1 unspecified atom stereocenters. The molecule has 0 bridgehead atoms. The van der Waals surface area contributed by atoms with E-state index in [1.165, 1.54) is 36.4 Å². The summed E-state index contributed by atoms with van der Waals surface area (Å²) in [6.07, 6.45) is -1.38. The molecule has 0 fully saturated rings. The van der Waals surface area contributed by atoms with Crippen LogP contribution in [0.15, 0.2) is 95.5 Å². The Bertz CT molecular complexity index is 1750. The Morgan fingerprint density at radius 2 is 1.55 bits per heavy atom. The average molecular weight is 571 g/mol. The molecule has 0 saturated heterocycles. The summed E-state index contributed by atoms with van der Waals surface area (Å²) < 4.78 is 47.1. The number of benzene rings is 4. The van der Waals surface area contributed by atoms with Crippen LogP contribution in [0, 0.1) is 18.6 Å². The van der Waals surface area contributed by atoms with E-state index in [-0.39, 0.29) is 39.6 Å². The van der Waals surface area contributed by atoms with E-state index in [4.69, 9.17) is 14.0 Å². The van der Waals surface area contributed by atoms with Crippen molar-refractivity contribution in [3.05, 3.63) is 119 Å². The SMILES string of the molecule is Cc1noc(-c2cc(F)c(-c3ccc(Oc4ccccc4C(=O)O)cc3)cc2F)c1NC(=O)OC(C)c1ccccc1. The number of ether oxygens (including phenoxy) is 2. The smallest absolute Gasteiger partial charge is 0.412 e. The normalized spacial score (nSPS) is 11.5. The Morgan fingerprint density at radius 1 is 0.905 bits per heavy atom. The fourth-order valence-corrected chi connectivity index (χ4v) is 4.29. The van der Waals surface area contributed by atoms with Crippen molar-refractivity contribution in [2.75, 3.05) is 5.32 Å². The van der Waals surface area contributed by atoms with Gasteiger partial charge in [0.25, 0.3) is 0 Å². The van der Waals surface area contributed by atoms with E-state index in [1.54, 1.807) is 26.0 Å². The summed E-state index contributed by atoms with van der Waals surface area (Å²) in [5, 5.41) is 15.7. The van der Waals surface area contributed by atoms with Crippen molar-refractivity contribution in [3.63, 3.8) is 0 Å². The number of aromatic nitrogens is 1. The molecule has 0 radical (unpaired) electrons. The Labute approximate surface area is 239 Å². The number of carboxylic acid groups (broad SMARTS) is 1. The van der Waals surface area contributed by atoms with Crippen molar-refractivity contribution in [1.29, 1.82) is 0 Å². The van der Waals surface area contributed by atoms with E-state index in [2.05, 4.69) is 10.5 Å². The minimum atomic E-state index is -1.14. The number of carboxylic acids is 1. The van der Waals surface area contributed by atoms with Crippen LogP contribution < -0.4 is 10.1 Å². The zero-order valence-corrected chi connectivity index (χ0v) is 22.4. The summed E-state index contributed by atoms with van der Waals surface area (Å²) in [7, 11) is 0. The second kappa shape index (κ2) is 11.9. The Morgan fingerprint density at radius 3 is 2.26 bits per heavy atom. The number of nitrogens with zero attached hydrogens (tertiary/aromatic N) is 1. The van der Waals surface area contributed by atoms with Gasteiger partial charge in [-0.3, -0.25) is 5.32 Å². The highest BCUT2D eigenvalue weighted by molar-refractivity contribution is 5.91. The number of rotatable bonds is 8. The average Bonchev–Trinajstić information content (AvgIpc) is 3.34. The molecule has 1 aromatic heterocycles. The second-order valence-electron chi connectivity index (χ2n) is 9.29. The first-order valence-corrected chi connectivity index (χ1v) is 12.8. The van der Waals surface area contributed by atoms with E-state index in [9.17, 15) is 14.7 Å². The molecule has 0 saturated carbocycles. The molecular weight excluding hydrogens is 546 g/mol. The van der Waals surface area contributed by atoms with Gasteiger partial charge in [0, 0.05) is 5.56 Å². The molecule has 0 spiro atoms. The third kappa shape index (κ3) is 5.97. The molecule has 42 heavy (non-hydrogen) atoms. The van der Waals surface area contributed by atoms with E-state index >= 15 is 8.78 Å². The molecule has 0 aliphatic rings. The summed E-state index contributed by atoms with van der Waals surface area (Å²) in [4.78, 5) is 24.0. The first kappa shape index (κ1) is 28.0. The highest BCUT2D eigenvalue weighted by Gasteiger charge is 2.24. The number of aromatic carboxylic acids is 1. The fourth-order valence-electron chi connectivity index (χ4n) is 4.29. The summed E-state index contributed by atoms with van der Waals surface area (Å²) >= 11 is 0. The quantitative estimate of drug-likeness (QED) is 0.193. The van der Waals surface area contributed by atoms with Crippen LogP contribution in [0.25, 0.3) is 22.5 Å². The van der Waals surface area contributed by atoms with Gasteiger partial charge in [-0.1, -0.05) is 59.8 Å². The highest BCUT2D eigenvalue weighted by Crippen LogP contribution is 2.37. The molecule has 10 heteroatoms. The number of hydrogen-bond acceptors (Lipinski definition) is 6. The summed E-state index contributed by atoms with van der Waals surface area (Å²) in [5.74, 6) is -2.42. The summed E-state index contributed by atoms with van der Waals surface area (Å²) in [5.41, 5.74) is 1.14. The van der Waals surface area contributed by atoms with Crippen LogP contribution in [0.3, 0.4) is 0 Å². The molecule has 5 aromatic rings. The van der Waals surface area contributed by atoms with Gasteiger partial charge < -0.3 is 19.1 Å². The number of hydrogen-bond donors (Lipinski definition) is 2. The lowest BCUT2D eigenvalue weighted by atomic mass is 10.0. The number of nitrogens with one attached hydrogen (secondary N) is 1. The maximum atomic E-state index is 15.4. The van der Waals surface area contributed by atoms with Crippen molar-refractivity contribution in [2.24, 2.45) is 0 Å². The zero-order chi connectivity index (χ0) is 29.8. The molecule has 5 rings (SSSR count). The van der Waals surface area contributed by atoms with Crippen LogP contribution in [0.1, 0.15) is 34.6 Å². The van der Waals surface area contributed by atoms with E-state index in [0.29, 0.717) is 11.3 Å². The number of aryl methyl sites for hydroxylation is 1. The monoisotopic (exact) mass is 570 g/mol.